The van der Waals surface area contributed by atoms with Crippen molar-refractivity contribution in [1.29, 1.82) is 0 Å². The van der Waals surface area contributed by atoms with E-state index in [0.29, 0.717) is 31.9 Å². The van der Waals surface area contributed by atoms with Gasteiger partial charge in [-0.25, -0.2) is 9.37 Å². The lowest BCUT2D eigenvalue weighted by atomic mass is 10.1. The van der Waals surface area contributed by atoms with Gasteiger partial charge in [0.05, 0.1) is 31.0 Å². The molecule has 0 radical (unpaired) electrons. The number of hydrogen-bond donors (Lipinski definition) is 1. The number of ether oxygens (including phenoxy) is 1. The fraction of sp³-hybridized carbons (Fsp3) is 0.368. The number of rotatable bonds is 5. The Morgan fingerprint density at radius 1 is 1.27 bits per heavy atom. The van der Waals surface area contributed by atoms with E-state index in [1.54, 1.807) is 6.07 Å². The van der Waals surface area contributed by atoms with Gasteiger partial charge in [0.15, 0.2) is 0 Å². The Morgan fingerprint density at radius 3 is 2.77 bits per heavy atom. The number of aromatic nitrogens is 1. The molecule has 1 saturated heterocycles. The van der Waals surface area contributed by atoms with Gasteiger partial charge in [0.2, 0.25) is 0 Å². The highest BCUT2D eigenvalue weighted by atomic mass is 19.1. The normalized spacial score (nSPS) is 14.2. The predicted octanol–water partition coefficient (Wildman–Crippen LogP) is 2.05. The Hall–Kier alpha value is -2.67. The van der Waals surface area contributed by atoms with E-state index < -0.39 is 5.82 Å². The maximum Gasteiger partial charge on any atom is 0.253 e. The van der Waals surface area contributed by atoms with Crippen LogP contribution in [0.1, 0.15) is 16.1 Å². The van der Waals surface area contributed by atoms with E-state index in [1.807, 2.05) is 42.1 Å². The highest BCUT2D eigenvalue weighted by Gasteiger charge is 2.19. The molecular weight excluding hydrogens is 335 g/mol. The van der Waals surface area contributed by atoms with Crippen LogP contribution >= 0.6 is 0 Å². The van der Waals surface area contributed by atoms with Crippen molar-refractivity contribution >= 4 is 17.4 Å². The van der Waals surface area contributed by atoms with E-state index in [1.165, 1.54) is 12.1 Å². The first-order valence-electron chi connectivity index (χ1n) is 8.58. The quantitative estimate of drug-likeness (QED) is 0.887. The maximum atomic E-state index is 13.7. The Bertz CT molecular complexity index is 776. The summed E-state index contributed by atoms with van der Waals surface area (Å²) in [6.07, 6.45) is 0. The molecule has 1 aromatic heterocycles. The number of nitrogens with zero attached hydrogens (tertiary/aromatic N) is 3. The lowest BCUT2D eigenvalue weighted by Crippen LogP contribution is -2.38. The van der Waals surface area contributed by atoms with E-state index in [9.17, 15) is 9.18 Å². The third-order valence-electron chi connectivity index (χ3n) is 4.24. The lowest BCUT2D eigenvalue weighted by molar-refractivity contribution is 0.0948. The van der Waals surface area contributed by atoms with Crippen LogP contribution in [0.4, 0.5) is 15.9 Å². The number of benzene rings is 1. The van der Waals surface area contributed by atoms with Crippen LogP contribution in [0.5, 0.6) is 0 Å². The fourth-order valence-electron chi connectivity index (χ4n) is 2.85. The Balaban J connectivity index is 1.75. The molecule has 2 aromatic rings. The second-order valence-corrected chi connectivity index (χ2v) is 6.33. The standard InChI is InChI=1S/C19H23FN4O2/c1-23(2)18-5-3-4-15(22-18)13-21-19(25)16-12-14(20)6-7-17(16)24-8-10-26-11-9-24/h3-7,12H,8-11,13H2,1-2H3,(H,21,25). The topological polar surface area (TPSA) is 57.7 Å². The van der Waals surface area contributed by atoms with E-state index in [2.05, 4.69) is 10.3 Å². The molecule has 3 rings (SSSR count). The van der Waals surface area contributed by atoms with Gasteiger partial charge in [-0.1, -0.05) is 6.07 Å². The van der Waals surface area contributed by atoms with Crippen molar-refractivity contribution in [1.82, 2.24) is 10.3 Å². The average Bonchev–Trinajstić information content (AvgIpc) is 2.67. The lowest BCUT2D eigenvalue weighted by Gasteiger charge is -2.30. The van der Waals surface area contributed by atoms with Crippen LogP contribution in [0.25, 0.3) is 0 Å². The molecule has 1 fully saturated rings. The van der Waals surface area contributed by atoms with Crippen LogP contribution in [0.15, 0.2) is 36.4 Å². The van der Waals surface area contributed by atoms with Gasteiger partial charge in [-0.2, -0.15) is 0 Å². The molecule has 1 aromatic carbocycles. The highest BCUT2D eigenvalue weighted by Crippen LogP contribution is 2.23. The Labute approximate surface area is 152 Å². The van der Waals surface area contributed by atoms with Gasteiger partial charge >= 0.3 is 0 Å². The molecule has 1 aliphatic rings. The fourth-order valence-corrected chi connectivity index (χ4v) is 2.85. The monoisotopic (exact) mass is 358 g/mol. The van der Waals surface area contributed by atoms with Gasteiger partial charge in [-0.3, -0.25) is 4.79 Å². The summed E-state index contributed by atoms with van der Waals surface area (Å²) < 4.78 is 19.1. The van der Waals surface area contributed by atoms with Crippen molar-refractivity contribution in [2.45, 2.75) is 6.54 Å². The first kappa shape index (κ1) is 18.1. The number of amides is 1. The molecule has 26 heavy (non-hydrogen) atoms. The van der Waals surface area contributed by atoms with Crippen molar-refractivity contribution < 1.29 is 13.9 Å². The first-order chi connectivity index (χ1) is 12.5. The van der Waals surface area contributed by atoms with E-state index in [0.717, 1.165) is 17.2 Å². The third-order valence-corrected chi connectivity index (χ3v) is 4.24. The maximum absolute atomic E-state index is 13.7. The third kappa shape index (κ3) is 4.29. The first-order valence-corrected chi connectivity index (χ1v) is 8.58. The minimum Gasteiger partial charge on any atom is -0.378 e. The number of anilines is 2. The predicted molar refractivity (Wildman–Crippen MR) is 99.2 cm³/mol. The number of pyridine rings is 1. The van der Waals surface area contributed by atoms with Crippen molar-refractivity contribution in [2.24, 2.45) is 0 Å². The van der Waals surface area contributed by atoms with Crippen LogP contribution < -0.4 is 15.1 Å². The number of nitrogens with one attached hydrogen (secondary N) is 1. The van der Waals surface area contributed by atoms with Crippen LogP contribution in [-0.2, 0) is 11.3 Å². The summed E-state index contributed by atoms with van der Waals surface area (Å²) in [5.41, 5.74) is 1.80. The molecule has 6 nitrogen and oxygen atoms in total. The molecule has 0 spiro atoms. The van der Waals surface area contributed by atoms with Gasteiger partial charge in [0.1, 0.15) is 11.6 Å². The number of carbonyl (C=O) groups excluding carboxylic acids is 1. The second kappa shape index (κ2) is 8.14. The van der Waals surface area contributed by atoms with E-state index in [4.69, 9.17) is 4.74 Å². The molecule has 0 saturated carbocycles. The van der Waals surface area contributed by atoms with Gasteiger partial charge in [-0.05, 0) is 30.3 Å². The molecule has 138 valence electrons. The highest BCUT2D eigenvalue weighted by molar-refractivity contribution is 5.99. The molecule has 1 amide bonds. The zero-order valence-electron chi connectivity index (χ0n) is 15.0. The molecule has 1 aliphatic heterocycles. The molecular formula is C19H23FN4O2. The average molecular weight is 358 g/mol. The molecule has 2 heterocycles. The smallest absolute Gasteiger partial charge is 0.253 e. The summed E-state index contributed by atoms with van der Waals surface area (Å²) in [7, 11) is 3.82. The minimum absolute atomic E-state index is 0.277. The van der Waals surface area contributed by atoms with Crippen LogP contribution in [-0.4, -0.2) is 51.3 Å². The summed E-state index contributed by atoms with van der Waals surface area (Å²) >= 11 is 0. The van der Waals surface area contributed by atoms with Crippen LogP contribution in [0.3, 0.4) is 0 Å². The van der Waals surface area contributed by atoms with Crippen molar-refractivity contribution in [3.63, 3.8) is 0 Å². The van der Waals surface area contributed by atoms with E-state index >= 15 is 0 Å². The molecule has 0 unspecified atom stereocenters. The Morgan fingerprint density at radius 2 is 2.04 bits per heavy atom. The summed E-state index contributed by atoms with van der Waals surface area (Å²) in [5, 5.41) is 2.84. The largest absolute Gasteiger partial charge is 0.378 e. The SMILES string of the molecule is CN(C)c1cccc(CNC(=O)c2cc(F)ccc2N2CCOCC2)n1. The Kier molecular flexibility index (Phi) is 5.68. The second-order valence-electron chi connectivity index (χ2n) is 6.33. The van der Waals surface area contributed by atoms with Crippen LogP contribution in [0.2, 0.25) is 0 Å². The summed E-state index contributed by atoms with van der Waals surface area (Å²) in [6.45, 7) is 2.83. The van der Waals surface area contributed by atoms with Gasteiger partial charge in [-0.15, -0.1) is 0 Å². The molecule has 7 heteroatoms. The van der Waals surface area contributed by atoms with Gasteiger partial charge < -0.3 is 19.9 Å². The zero-order valence-corrected chi connectivity index (χ0v) is 15.0. The number of carbonyl (C=O) groups is 1. The summed E-state index contributed by atoms with van der Waals surface area (Å²) in [5.74, 6) is 0.0689. The van der Waals surface area contributed by atoms with E-state index in [-0.39, 0.29) is 12.5 Å². The molecule has 1 N–H and O–H groups in total. The number of morpholine rings is 1. The van der Waals surface area contributed by atoms with Gasteiger partial charge in [0, 0.05) is 32.9 Å². The summed E-state index contributed by atoms with van der Waals surface area (Å²) in [6, 6.07) is 9.95. The summed E-state index contributed by atoms with van der Waals surface area (Å²) in [4.78, 5) is 21.1. The zero-order chi connectivity index (χ0) is 18.5. The van der Waals surface area contributed by atoms with Crippen molar-refractivity contribution in [2.75, 3.05) is 50.2 Å². The van der Waals surface area contributed by atoms with Crippen LogP contribution in [0, 0.1) is 5.82 Å². The van der Waals surface area contributed by atoms with Crippen molar-refractivity contribution in [3.8, 4) is 0 Å². The molecule has 0 bridgehead atoms. The molecule has 0 aliphatic carbocycles. The number of halogens is 1. The van der Waals surface area contributed by atoms with Gasteiger partial charge in [0.25, 0.3) is 5.91 Å². The van der Waals surface area contributed by atoms with Crippen molar-refractivity contribution in [3.05, 3.63) is 53.5 Å². The molecule has 0 atom stereocenters. The number of hydrogen-bond acceptors (Lipinski definition) is 5. The minimum atomic E-state index is -0.431.